The molecule has 2 rings (SSSR count). The molecule has 0 aliphatic heterocycles. The maximum Gasteiger partial charge on any atom is 0.306 e. The van der Waals surface area contributed by atoms with Gasteiger partial charge >= 0.3 is 5.97 Å². The maximum atomic E-state index is 10.9. The molecule has 2 atom stereocenters. The summed E-state index contributed by atoms with van der Waals surface area (Å²) in [5.41, 5.74) is -0.614. The van der Waals surface area contributed by atoms with Crippen LogP contribution in [0.1, 0.15) is 58.3 Å². The lowest BCUT2D eigenvalue weighted by atomic mass is 9.80. The van der Waals surface area contributed by atoms with Gasteiger partial charge in [0, 0.05) is 11.0 Å². The highest BCUT2D eigenvalue weighted by Gasteiger charge is 2.36. The summed E-state index contributed by atoms with van der Waals surface area (Å²) < 4.78 is 0. The van der Waals surface area contributed by atoms with E-state index in [9.17, 15) is 9.90 Å². The van der Waals surface area contributed by atoms with Crippen molar-refractivity contribution in [2.24, 2.45) is 11.8 Å². The molecule has 0 bridgehead atoms. The standard InChI is InChI=1S/C15H26O3S/c1-11-3-2-4-13(9-11)19-10-15(18)7-5-12(6-8-15)14(16)17/h11-13,18H,2-10H2,1H3,(H,16,17). The van der Waals surface area contributed by atoms with Crippen LogP contribution in [0.3, 0.4) is 0 Å². The van der Waals surface area contributed by atoms with Crippen LogP contribution in [0, 0.1) is 11.8 Å². The van der Waals surface area contributed by atoms with Crippen LogP contribution in [-0.2, 0) is 4.79 Å². The second kappa shape index (κ2) is 6.49. The molecule has 2 fully saturated rings. The second-order valence-corrected chi connectivity index (χ2v) is 7.83. The van der Waals surface area contributed by atoms with Gasteiger partial charge in [-0.2, -0.15) is 11.8 Å². The zero-order chi connectivity index (χ0) is 13.9. The Kier molecular flexibility index (Phi) is 5.18. The van der Waals surface area contributed by atoms with Crippen LogP contribution in [0.15, 0.2) is 0 Å². The van der Waals surface area contributed by atoms with Crippen molar-refractivity contribution in [1.29, 1.82) is 0 Å². The number of carbonyl (C=O) groups is 1. The molecule has 0 spiro atoms. The van der Waals surface area contributed by atoms with E-state index in [-0.39, 0.29) is 5.92 Å². The fourth-order valence-corrected chi connectivity index (χ4v) is 4.98. The average Bonchev–Trinajstić information content (AvgIpc) is 2.37. The molecule has 0 saturated heterocycles. The fraction of sp³-hybridized carbons (Fsp3) is 0.933. The summed E-state index contributed by atoms with van der Waals surface area (Å²) in [6, 6.07) is 0. The Morgan fingerprint density at radius 1 is 1.26 bits per heavy atom. The molecular formula is C15H26O3S. The van der Waals surface area contributed by atoms with Crippen molar-refractivity contribution in [3.63, 3.8) is 0 Å². The van der Waals surface area contributed by atoms with E-state index in [0.29, 0.717) is 30.9 Å². The Hall–Kier alpha value is -0.220. The molecule has 2 aliphatic rings. The van der Waals surface area contributed by atoms with Gasteiger partial charge < -0.3 is 10.2 Å². The molecular weight excluding hydrogens is 260 g/mol. The van der Waals surface area contributed by atoms with Crippen molar-refractivity contribution >= 4 is 17.7 Å². The quantitative estimate of drug-likeness (QED) is 0.832. The fourth-order valence-electron chi connectivity index (χ4n) is 3.35. The first-order valence-electron chi connectivity index (χ1n) is 7.55. The van der Waals surface area contributed by atoms with Gasteiger partial charge in [-0.25, -0.2) is 0 Å². The van der Waals surface area contributed by atoms with Crippen molar-refractivity contribution < 1.29 is 15.0 Å². The molecule has 2 saturated carbocycles. The molecule has 0 radical (unpaired) electrons. The highest BCUT2D eigenvalue weighted by Crippen LogP contribution is 2.38. The van der Waals surface area contributed by atoms with Gasteiger partial charge in [0.25, 0.3) is 0 Å². The van der Waals surface area contributed by atoms with E-state index in [2.05, 4.69) is 6.92 Å². The molecule has 4 heteroatoms. The summed E-state index contributed by atoms with van der Waals surface area (Å²) in [6.07, 6.45) is 7.79. The number of carboxylic acids is 1. The summed E-state index contributed by atoms with van der Waals surface area (Å²) in [5.74, 6) is 0.677. The second-order valence-electron chi connectivity index (χ2n) is 6.54. The van der Waals surface area contributed by atoms with Crippen LogP contribution in [-0.4, -0.2) is 32.8 Å². The first-order valence-corrected chi connectivity index (χ1v) is 8.60. The number of aliphatic hydroxyl groups is 1. The van der Waals surface area contributed by atoms with Gasteiger partial charge in [0.15, 0.2) is 0 Å². The number of hydrogen-bond acceptors (Lipinski definition) is 3. The zero-order valence-corrected chi connectivity index (χ0v) is 12.6. The monoisotopic (exact) mass is 286 g/mol. The molecule has 110 valence electrons. The highest BCUT2D eigenvalue weighted by molar-refractivity contribution is 7.99. The van der Waals surface area contributed by atoms with Gasteiger partial charge in [0.1, 0.15) is 0 Å². The molecule has 2 unspecified atom stereocenters. The molecule has 0 aromatic rings. The first kappa shape index (κ1) is 15.2. The molecule has 19 heavy (non-hydrogen) atoms. The predicted molar refractivity (Wildman–Crippen MR) is 78.4 cm³/mol. The molecule has 2 aliphatic carbocycles. The molecule has 2 N–H and O–H groups in total. The van der Waals surface area contributed by atoms with Crippen LogP contribution in [0.4, 0.5) is 0 Å². The SMILES string of the molecule is CC1CCCC(SCC2(O)CCC(C(=O)O)CC2)C1. The summed E-state index contributed by atoms with van der Waals surface area (Å²) in [7, 11) is 0. The number of rotatable bonds is 4. The summed E-state index contributed by atoms with van der Waals surface area (Å²) >= 11 is 1.92. The van der Waals surface area contributed by atoms with Crippen LogP contribution < -0.4 is 0 Å². The summed E-state index contributed by atoms with van der Waals surface area (Å²) in [5, 5.41) is 20.2. The third kappa shape index (κ3) is 4.38. The lowest BCUT2D eigenvalue weighted by molar-refractivity contribution is -0.144. The first-order chi connectivity index (χ1) is 8.98. The van der Waals surface area contributed by atoms with Gasteiger partial charge in [0.05, 0.1) is 11.5 Å². The molecule has 3 nitrogen and oxygen atoms in total. The van der Waals surface area contributed by atoms with Crippen molar-refractivity contribution in [3.05, 3.63) is 0 Å². The number of hydrogen-bond donors (Lipinski definition) is 2. The minimum Gasteiger partial charge on any atom is -0.481 e. The lowest BCUT2D eigenvalue weighted by Crippen LogP contribution is -2.39. The largest absolute Gasteiger partial charge is 0.481 e. The van der Waals surface area contributed by atoms with E-state index in [1.807, 2.05) is 11.8 Å². The Balaban J connectivity index is 1.74. The third-order valence-corrected chi connectivity index (χ3v) is 6.35. The van der Waals surface area contributed by atoms with E-state index in [0.717, 1.165) is 11.7 Å². The molecule has 0 aromatic heterocycles. The summed E-state index contributed by atoms with van der Waals surface area (Å²) in [6.45, 7) is 2.32. The smallest absolute Gasteiger partial charge is 0.306 e. The van der Waals surface area contributed by atoms with Gasteiger partial charge in [-0.3, -0.25) is 4.79 Å². The van der Waals surface area contributed by atoms with Gasteiger partial charge in [-0.1, -0.05) is 19.8 Å². The minimum absolute atomic E-state index is 0.236. The Bertz CT molecular complexity index is 311. The maximum absolute atomic E-state index is 10.9. The van der Waals surface area contributed by atoms with Crippen LogP contribution in [0.5, 0.6) is 0 Å². The van der Waals surface area contributed by atoms with E-state index in [1.165, 1.54) is 25.7 Å². The number of thioether (sulfide) groups is 1. The van der Waals surface area contributed by atoms with Gasteiger partial charge in [-0.05, 0) is 44.4 Å². The molecule has 0 aromatic carbocycles. The molecule has 0 amide bonds. The normalized spacial score (nSPS) is 40.0. The van der Waals surface area contributed by atoms with E-state index in [1.54, 1.807) is 0 Å². The van der Waals surface area contributed by atoms with Gasteiger partial charge in [-0.15, -0.1) is 0 Å². The van der Waals surface area contributed by atoms with Gasteiger partial charge in [0.2, 0.25) is 0 Å². The minimum atomic E-state index is -0.698. The Labute approximate surface area is 120 Å². The van der Waals surface area contributed by atoms with E-state index in [4.69, 9.17) is 5.11 Å². The third-order valence-electron chi connectivity index (χ3n) is 4.74. The Morgan fingerprint density at radius 2 is 1.95 bits per heavy atom. The highest BCUT2D eigenvalue weighted by atomic mass is 32.2. The van der Waals surface area contributed by atoms with E-state index >= 15 is 0 Å². The van der Waals surface area contributed by atoms with Crippen molar-refractivity contribution in [2.45, 2.75) is 69.1 Å². The topological polar surface area (TPSA) is 57.5 Å². The zero-order valence-electron chi connectivity index (χ0n) is 11.8. The van der Waals surface area contributed by atoms with E-state index < -0.39 is 11.6 Å². The van der Waals surface area contributed by atoms with Crippen LogP contribution in [0.2, 0.25) is 0 Å². The number of aliphatic carboxylic acids is 1. The Morgan fingerprint density at radius 3 is 2.53 bits per heavy atom. The van der Waals surface area contributed by atoms with Crippen LogP contribution in [0.25, 0.3) is 0 Å². The predicted octanol–water partition coefficient (Wildman–Crippen LogP) is 3.30. The van der Waals surface area contributed by atoms with Crippen molar-refractivity contribution in [2.75, 3.05) is 5.75 Å². The average molecular weight is 286 g/mol. The lowest BCUT2D eigenvalue weighted by Gasteiger charge is -2.36. The molecule has 0 heterocycles. The van der Waals surface area contributed by atoms with Crippen molar-refractivity contribution in [3.8, 4) is 0 Å². The van der Waals surface area contributed by atoms with Crippen molar-refractivity contribution in [1.82, 2.24) is 0 Å². The van der Waals surface area contributed by atoms with Crippen LogP contribution >= 0.6 is 11.8 Å². The summed E-state index contributed by atoms with van der Waals surface area (Å²) in [4.78, 5) is 10.9. The number of carboxylic acid groups (broad SMARTS) is 1.